The van der Waals surface area contributed by atoms with E-state index in [1.165, 1.54) is 24.9 Å². The Bertz CT molecular complexity index is 1370. The minimum atomic E-state index is -0.549. The van der Waals surface area contributed by atoms with Crippen molar-refractivity contribution in [2.24, 2.45) is 0 Å². The number of benzene rings is 2. The average Bonchev–Trinajstić information content (AvgIpc) is 3.12. The number of methoxy groups -OCH3 is 2. The molecule has 0 bridgehead atoms. The minimum Gasteiger partial charge on any atom is -0.465 e. The second kappa shape index (κ2) is 11.2. The van der Waals surface area contributed by atoms with Crippen LogP contribution in [-0.2, 0) is 25.5 Å². The number of hydrogen-bond donors (Lipinski definition) is 0. The Labute approximate surface area is 199 Å². The molecular weight excluding hydrogens is 458 g/mol. The first-order chi connectivity index (χ1) is 16.4. The summed E-state index contributed by atoms with van der Waals surface area (Å²) in [6.07, 6.45) is 2.98. The zero-order valence-electron chi connectivity index (χ0n) is 18.9. The van der Waals surface area contributed by atoms with Crippen LogP contribution in [0.25, 0.3) is 12.2 Å². The maximum absolute atomic E-state index is 13.2. The molecule has 0 radical (unpaired) electrons. The lowest BCUT2D eigenvalue weighted by Gasteiger charge is -2.04. The van der Waals surface area contributed by atoms with Crippen molar-refractivity contribution in [2.75, 3.05) is 20.8 Å². The van der Waals surface area contributed by atoms with E-state index < -0.39 is 17.9 Å². The summed E-state index contributed by atoms with van der Waals surface area (Å²) in [4.78, 5) is 48.6. The van der Waals surface area contributed by atoms with Gasteiger partial charge >= 0.3 is 17.9 Å². The Morgan fingerprint density at radius 3 is 2.00 bits per heavy atom. The zero-order chi connectivity index (χ0) is 24.7. The second-order valence-corrected chi connectivity index (χ2v) is 8.10. The van der Waals surface area contributed by atoms with Crippen LogP contribution in [0.1, 0.15) is 38.8 Å². The van der Waals surface area contributed by atoms with Crippen molar-refractivity contribution in [1.82, 2.24) is 4.57 Å². The number of thiazole rings is 1. The lowest BCUT2D eigenvalue weighted by molar-refractivity contribution is -0.135. The standard InChI is InChI=1S/C25H23NO7S/c1-4-33-22(27)14-21-26(15-17-7-11-19(12-8-17)25(30)32-3)23(28)20(34-21)13-16-5-9-18(10-6-16)24(29)31-2/h5-14H,4,15H2,1-3H3/b20-13+,21-14-. The first-order valence-electron chi connectivity index (χ1n) is 10.3. The topological polar surface area (TPSA) is 101 Å². The summed E-state index contributed by atoms with van der Waals surface area (Å²) in [6.45, 7) is 2.11. The van der Waals surface area contributed by atoms with Crippen LogP contribution >= 0.6 is 11.3 Å². The molecule has 0 N–H and O–H groups in total. The summed E-state index contributed by atoms with van der Waals surface area (Å²) in [7, 11) is 2.61. The Morgan fingerprint density at radius 2 is 1.47 bits per heavy atom. The maximum Gasteiger partial charge on any atom is 0.337 e. The van der Waals surface area contributed by atoms with Gasteiger partial charge in [-0.2, -0.15) is 0 Å². The fourth-order valence-corrected chi connectivity index (χ4v) is 4.14. The largest absolute Gasteiger partial charge is 0.465 e. The number of rotatable bonds is 7. The molecule has 0 aliphatic heterocycles. The summed E-state index contributed by atoms with van der Waals surface area (Å²) in [6, 6.07) is 13.3. The van der Waals surface area contributed by atoms with E-state index in [-0.39, 0.29) is 18.7 Å². The zero-order valence-corrected chi connectivity index (χ0v) is 19.7. The molecule has 0 aliphatic rings. The fourth-order valence-electron chi connectivity index (χ4n) is 3.11. The Balaban J connectivity index is 2.04. The van der Waals surface area contributed by atoms with E-state index in [0.717, 1.165) is 16.9 Å². The molecule has 1 aromatic heterocycles. The molecule has 34 heavy (non-hydrogen) atoms. The van der Waals surface area contributed by atoms with Crippen LogP contribution < -0.4 is 14.8 Å². The highest BCUT2D eigenvalue weighted by atomic mass is 32.1. The van der Waals surface area contributed by atoms with Crippen LogP contribution in [0.3, 0.4) is 0 Å². The molecular formula is C25H23NO7S. The summed E-state index contributed by atoms with van der Waals surface area (Å²) >= 11 is 1.15. The molecule has 8 nitrogen and oxygen atoms in total. The van der Waals surface area contributed by atoms with Gasteiger partial charge in [0.25, 0.3) is 5.56 Å². The molecule has 1 heterocycles. The lowest BCUT2D eigenvalue weighted by Crippen LogP contribution is -2.32. The van der Waals surface area contributed by atoms with Gasteiger partial charge in [-0.3, -0.25) is 9.36 Å². The van der Waals surface area contributed by atoms with E-state index in [4.69, 9.17) is 14.2 Å². The van der Waals surface area contributed by atoms with Crippen molar-refractivity contribution in [3.8, 4) is 0 Å². The number of carbonyl (C=O) groups excluding carboxylic acids is 3. The van der Waals surface area contributed by atoms with E-state index >= 15 is 0 Å². The number of ether oxygens (including phenoxy) is 3. The molecule has 0 saturated heterocycles. The summed E-state index contributed by atoms with van der Waals surface area (Å²) in [5, 5.41) is 0. The van der Waals surface area contributed by atoms with Crippen molar-refractivity contribution >= 4 is 41.4 Å². The average molecular weight is 482 g/mol. The minimum absolute atomic E-state index is 0.192. The third-order valence-corrected chi connectivity index (χ3v) is 5.87. The molecule has 9 heteroatoms. The molecule has 0 amide bonds. The van der Waals surface area contributed by atoms with Gasteiger partial charge < -0.3 is 14.2 Å². The van der Waals surface area contributed by atoms with E-state index in [1.54, 1.807) is 61.5 Å². The van der Waals surface area contributed by atoms with E-state index in [0.29, 0.717) is 25.9 Å². The van der Waals surface area contributed by atoms with E-state index in [1.807, 2.05) is 0 Å². The third-order valence-electron chi connectivity index (χ3n) is 4.81. The van der Waals surface area contributed by atoms with Crippen molar-refractivity contribution in [3.63, 3.8) is 0 Å². The predicted octanol–water partition coefficient (Wildman–Crippen LogP) is 1.70. The van der Waals surface area contributed by atoms with E-state index in [9.17, 15) is 19.2 Å². The van der Waals surface area contributed by atoms with Gasteiger partial charge in [-0.1, -0.05) is 24.3 Å². The van der Waals surface area contributed by atoms with Gasteiger partial charge in [0.2, 0.25) is 0 Å². The molecule has 2 aromatic carbocycles. The highest BCUT2D eigenvalue weighted by Gasteiger charge is 2.10. The number of hydrogen-bond acceptors (Lipinski definition) is 8. The Morgan fingerprint density at radius 1 is 0.912 bits per heavy atom. The van der Waals surface area contributed by atoms with Gasteiger partial charge in [0.15, 0.2) is 0 Å². The molecule has 0 aliphatic carbocycles. The van der Waals surface area contributed by atoms with Gasteiger partial charge in [0.1, 0.15) is 4.66 Å². The SMILES string of the molecule is CCOC(=O)/C=c1\s/c(=C/c2ccc(C(=O)OC)cc2)c(=O)n1Cc1ccc(C(=O)OC)cc1. The normalized spacial score (nSPS) is 11.9. The van der Waals surface area contributed by atoms with Crippen molar-refractivity contribution in [2.45, 2.75) is 13.5 Å². The smallest absolute Gasteiger partial charge is 0.337 e. The van der Waals surface area contributed by atoms with Gasteiger partial charge in [-0.25, -0.2) is 14.4 Å². The number of carbonyl (C=O) groups is 3. The first-order valence-corrected chi connectivity index (χ1v) is 11.1. The van der Waals surface area contributed by atoms with Crippen molar-refractivity contribution < 1.29 is 28.6 Å². The highest BCUT2D eigenvalue weighted by molar-refractivity contribution is 7.07. The van der Waals surface area contributed by atoms with Crippen LogP contribution in [0.4, 0.5) is 0 Å². The van der Waals surface area contributed by atoms with Gasteiger partial charge in [0.05, 0.1) is 49.1 Å². The highest BCUT2D eigenvalue weighted by Crippen LogP contribution is 2.08. The van der Waals surface area contributed by atoms with Gasteiger partial charge in [-0.15, -0.1) is 11.3 Å². The van der Waals surface area contributed by atoms with Gasteiger partial charge in [-0.05, 0) is 48.4 Å². The Hall–Kier alpha value is -3.98. The van der Waals surface area contributed by atoms with Crippen LogP contribution in [-0.4, -0.2) is 43.3 Å². The third kappa shape index (κ3) is 5.87. The second-order valence-electron chi connectivity index (χ2n) is 7.04. The monoisotopic (exact) mass is 481 g/mol. The summed E-state index contributed by atoms with van der Waals surface area (Å²) in [5.41, 5.74) is 1.99. The lowest BCUT2D eigenvalue weighted by atomic mass is 10.1. The molecule has 3 aromatic rings. The molecule has 0 fully saturated rings. The molecule has 3 rings (SSSR count). The van der Waals surface area contributed by atoms with Crippen LogP contribution in [0.2, 0.25) is 0 Å². The van der Waals surface area contributed by atoms with E-state index in [2.05, 4.69) is 0 Å². The van der Waals surface area contributed by atoms with Crippen LogP contribution in [0.15, 0.2) is 53.3 Å². The van der Waals surface area contributed by atoms with Gasteiger partial charge in [0, 0.05) is 0 Å². The number of nitrogens with zero attached hydrogens (tertiary/aromatic N) is 1. The summed E-state index contributed by atoms with van der Waals surface area (Å²) in [5.74, 6) is -1.45. The van der Waals surface area contributed by atoms with Crippen molar-refractivity contribution in [3.05, 3.63) is 90.3 Å². The first kappa shape index (κ1) is 24.7. The Kier molecular flexibility index (Phi) is 8.15. The predicted molar refractivity (Wildman–Crippen MR) is 127 cm³/mol. The number of aromatic nitrogens is 1. The number of esters is 3. The fraction of sp³-hybridized carbons (Fsp3) is 0.200. The molecule has 0 unspecified atom stereocenters. The quantitative estimate of drug-likeness (QED) is 0.374. The molecule has 0 saturated carbocycles. The maximum atomic E-state index is 13.2. The molecule has 176 valence electrons. The van der Waals surface area contributed by atoms with Crippen molar-refractivity contribution in [1.29, 1.82) is 0 Å². The summed E-state index contributed by atoms with van der Waals surface area (Å²) < 4.78 is 16.7. The van der Waals surface area contributed by atoms with Crippen LogP contribution in [0, 0.1) is 0 Å². The van der Waals surface area contributed by atoms with Crippen LogP contribution in [0.5, 0.6) is 0 Å². The molecule has 0 spiro atoms. The molecule has 0 atom stereocenters.